The quantitative estimate of drug-likeness (QED) is 0.317. The first-order valence-electron chi connectivity index (χ1n) is 6.58. The van der Waals surface area contributed by atoms with E-state index in [0.717, 1.165) is 0 Å². The molecule has 0 heterocycles. The molecule has 0 aliphatic heterocycles. The lowest BCUT2D eigenvalue weighted by atomic mass is 10.1. The van der Waals surface area contributed by atoms with Gasteiger partial charge in [0.1, 0.15) is 5.84 Å². The summed E-state index contributed by atoms with van der Waals surface area (Å²) in [7, 11) is 1.44. The predicted octanol–water partition coefficient (Wildman–Crippen LogP) is 1.25. The molecule has 21 heavy (non-hydrogen) atoms. The van der Waals surface area contributed by atoms with Crippen LogP contribution in [0.15, 0.2) is 23.4 Å². The Hall–Kier alpha value is -2.44. The Balaban J connectivity index is 2.91. The molecule has 1 atom stereocenters. The van der Waals surface area contributed by atoms with Crippen molar-refractivity contribution in [2.75, 3.05) is 20.2 Å². The van der Waals surface area contributed by atoms with E-state index in [9.17, 15) is 9.90 Å². The minimum Gasteiger partial charge on any atom is -0.504 e. The minimum atomic E-state index is -0.272. The monoisotopic (exact) mass is 295 g/mol. The maximum atomic E-state index is 12.4. The van der Waals surface area contributed by atoms with Crippen molar-refractivity contribution in [1.29, 1.82) is 0 Å². The van der Waals surface area contributed by atoms with Crippen LogP contribution >= 0.6 is 0 Å². The number of rotatable bonds is 6. The van der Waals surface area contributed by atoms with Crippen LogP contribution in [0, 0.1) is 5.92 Å². The zero-order chi connectivity index (χ0) is 16.0. The molecule has 116 valence electrons. The number of hydrogen-bond acceptors (Lipinski definition) is 5. The summed E-state index contributed by atoms with van der Waals surface area (Å²) in [5, 5.41) is 21.3. The second kappa shape index (κ2) is 7.37. The highest BCUT2D eigenvalue weighted by Gasteiger charge is 2.20. The van der Waals surface area contributed by atoms with Crippen LogP contribution in [-0.4, -0.2) is 47.2 Å². The number of benzene rings is 1. The molecule has 0 aliphatic carbocycles. The zero-order valence-corrected chi connectivity index (χ0v) is 12.4. The van der Waals surface area contributed by atoms with Gasteiger partial charge in [-0.15, -0.1) is 0 Å². The highest BCUT2D eigenvalue weighted by Crippen LogP contribution is 2.26. The van der Waals surface area contributed by atoms with Gasteiger partial charge in [0.2, 0.25) is 0 Å². The second-order valence-electron chi connectivity index (χ2n) is 4.66. The largest absolute Gasteiger partial charge is 0.504 e. The molecule has 0 saturated heterocycles. The molecule has 1 rings (SSSR count). The van der Waals surface area contributed by atoms with Gasteiger partial charge in [0.05, 0.1) is 7.11 Å². The van der Waals surface area contributed by atoms with Gasteiger partial charge in [-0.05, 0) is 25.1 Å². The van der Waals surface area contributed by atoms with Crippen LogP contribution < -0.4 is 10.5 Å². The summed E-state index contributed by atoms with van der Waals surface area (Å²) < 4.78 is 4.94. The van der Waals surface area contributed by atoms with Crippen molar-refractivity contribution in [3.63, 3.8) is 0 Å². The van der Waals surface area contributed by atoms with Crippen molar-refractivity contribution < 1.29 is 19.8 Å². The molecule has 0 saturated carbocycles. The van der Waals surface area contributed by atoms with Gasteiger partial charge in [-0.25, -0.2) is 0 Å². The molecule has 0 aliphatic rings. The van der Waals surface area contributed by atoms with Crippen molar-refractivity contribution >= 4 is 11.7 Å². The number of methoxy groups -OCH3 is 1. The zero-order valence-electron chi connectivity index (χ0n) is 12.4. The highest BCUT2D eigenvalue weighted by atomic mass is 16.5. The van der Waals surface area contributed by atoms with Crippen molar-refractivity contribution in [3.05, 3.63) is 23.8 Å². The van der Waals surface area contributed by atoms with E-state index in [-0.39, 0.29) is 23.4 Å². The average molecular weight is 295 g/mol. The van der Waals surface area contributed by atoms with Gasteiger partial charge in [0.15, 0.2) is 11.5 Å². The normalized spacial score (nSPS) is 12.8. The van der Waals surface area contributed by atoms with Crippen molar-refractivity contribution in [2.45, 2.75) is 13.8 Å². The van der Waals surface area contributed by atoms with Crippen LogP contribution in [0.1, 0.15) is 24.2 Å². The smallest absolute Gasteiger partial charge is 0.254 e. The number of ether oxygens (including phenoxy) is 1. The van der Waals surface area contributed by atoms with E-state index < -0.39 is 0 Å². The fraction of sp³-hybridized carbons (Fsp3) is 0.429. The van der Waals surface area contributed by atoms with Gasteiger partial charge >= 0.3 is 0 Å². The van der Waals surface area contributed by atoms with E-state index in [1.807, 2.05) is 6.92 Å². The Kier molecular flexibility index (Phi) is 5.83. The van der Waals surface area contributed by atoms with Gasteiger partial charge in [0.25, 0.3) is 5.91 Å². The van der Waals surface area contributed by atoms with Crippen LogP contribution in [0.5, 0.6) is 11.5 Å². The standard InChI is InChI=1S/C14H21N3O4/c1-4-17(8-9(2)13(15)16-20)14(19)10-5-6-12(21-3)11(18)7-10/h5-7,9,18,20H,4,8H2,1-3H3,(H2,15,16). The van der Waals surface area contributed by atoms with E-state index in [1.165, 1.54) is 19.2 Å². The summed E-state index contributed by atoms with van der Waals surface area (Å²) in [6.07, 6.45) is 0. The molecular weight excluding hydrogens is 274 g/mol. The molecule has 0 bridgehead atoms. The Bertz CT molecular complexity index is 531. The van der Waals surface area contributed by atoms with Crippen LogP contribution in [0.2, 0.25) is 0 Å². The highest BCUT2D eigenvalue weighted by molar-refractivity contribution is 5.95. The van der Waals surface area contributed by atoms with Crippen molar-refractivity contribution in [3.8, 4) is 11.5 Å². The molecule has 0 radical (unpaired) electrons. The first-order valence-corrected chi connectivity index (χ1v) is 6.58. The molecule has 0 fully saturated rings. The van der Waals surface area contributed by atoms with Crippen LogP contribution in [-0.2, 0) is 0 Å². The summed E-state index contributed by atoms with van der Waals surface area (Å²) in [6, 6.07) is 4.47. The summed E-state index contributed by atoms with van der Waals surface area (Å²) in [4.78, 5) is 14.0. The van der Waals surface area contributed by atoms with Gasteiger partial charge in [-0.3, -0.25) is 4.79 Å². The fourth-order valence-corrected chi connectivity index (χ4v) is 1.88. The van der Waals surface area contributed by atoms with E-state index in [1.54, 1.807) is 17.9 Å². The maximum absolute atomic E-state index is 12.4. The number of oxime groups is 1. The lowest BCUT2D eigenvalue weighted by molar-refractivity contribution is 0.0753. The predicted molar refractivity (Wildman–Crippen MR) is 78.8 cm³/mol. The number of carbonyl (C=O) groups is 1. The van der Waals surface area contributed by atoms with Crippen molar-refractivity contribution in [1.82, 2.24) is 4.90 Å². The van der Waals surface area contributed by atoms with E-state index in [2.05, 4.69) is 5.16 Å². The number of carbonyl (C=O) groups excluding carboxylic acids is 1. The number of phenolic OH excluding ortho intramolecular Hbond substituents is 1. The van der Waals surface area contributed by atoms with E-state index in [4.69, 9.17) is 15.7 Å². The van der Waals surface area contributed by atoms with Crippen LogP contribution in [0.4, 0.5) is 0 Å². The van der Waals surface area contributed by atoms with Gasteiger partial charge in [0, 0.05) is 24.6 Å². The SMILES string of the molecule is CCN(CC(C)C(N)=NO)C(=O)c1ccc(OC)c(O)c1. The first-order chi connectivity index (χ1) is 9.94. The molecule has 1 amide bonds. The lowest BCUT2D eigenvalue weighted by Gasteiger charge is -2.24. The summed E-state index contributed by atoms with van der Waals surface area (Å²) in [6.45, 7) is 4.38. The van der Waals surface area contributed by atoms with Crippen molar-refractivity contribution in [2.24, 2.45) is 16.8 Å². The number of nitrogens with two attached hydrogens (primary N) is 1. The Labute approximate surface area is 123 Å². The molecule has 0 spiro atoms. The van der Waals surface area contributed by atoms with Crippen LogP contribution in [0.3, 0.4) is 0 Å². The summed E-state index contributed by atoms with van der Waals surface area (Å²) >= 11 is 0. The maximum Gasteiger partial charge on any atom is 0.254 e. The van der Waals surface area contributed by atoms with Gasteiger partial charge in [-0.1, -0.05) is 12.1 Å². The lowest BCUT2D eigenvalue weighted by Crippen LogP contribution is -2.38. The number of aromatic hydroxyl groups is 1. The van der Waals surface area contributed by atoms with Gasteiger partial charge < -0.3 is 25.7 Å². The molecule has 1 unspecified atom stereocenters. The number of nitrogens with zero attached hydrogens (tertiary/aromatic N) is 2. The summed E-state index contributed by atoms with van der Waals surface area (Å²) in [5.41, 5.74) is 5.87. The molecule has 0 aromatic heterocycles. The summed E-state index contributed by atoms with van der Waals surface area (Å²) in [5.74, 6) is -0.235. The first kappa shape index (κ1) is 16.6. The molecule has 1 aromatic rings. The molecule has 4 N–H and O–H groups in total. The molecule has 7 nitrogen and oxygen atoms in total. The Morgan fingerprint density at radius 3 is 2.67 bits per heavy atom. The third-order valence-corrected chi connectivity index (χ3v) is 3.21. The Morgan fingerprint density at radius 1 is 1.52 bits per heavy atom. The number of amidine groups is 1. The topological polar surface area (TPSA) is 108 Å². The molecule has 1 aromatic carbocycles. The molecule has 7 heteroatoms. The number of phenols is 1. The number of hydrogen-bond donors (Lipinski definition) is 3. The van der Waals surface area contributed by atoms with E-state index in [0.29, 0.717) is 24.4 Å². The van der Waals surface area contributed by atoms with Gasteiger partial charge in [-0.2, -0.15) is 0 Å². The third-order valence-electron chi connectivity index (χ3n) is 3.21. The van der Waals surface area contributed by atoms with E-state index >= 15 is 0 Å². The molecular formula is C14H21N3O4. The second-order valence-corrected chi connectivity index (χ2v) is 4.66. The Morgan fingerprint density at radius 2 is 2.19 bits per heavy atom. The fourth-order valence-electron chi connectivity index (χ4n) is 1.88. The average Bonchev–Trinajstić information content (AvgIpc) is 2.50. The van der Waals surface area contributed by atoms with Crippen LogP contribution in [0.25, 0.3) is 0 Å². The number of amides is 1. The minimum absolute atomic E-state index is 0.0684. The third kappa shape index (κ3) is 4.01.